The molecule has 0 amide bonds. The number of hydrogen-bond donors (Lipinski definition) is 0. The molecule has 0 radical (unpaired) electrons. The van der Waals surface area contributed by atoms with Crippen LogP contribution in [0.3, 0.4) is 0 Å². The third kappa shape index (κ3) is 2.97. The second-order valence-electron chi connectivity index (χ2n) is 7.59. The van der Waals surface area contributed by atoms with Crippen molar-refractivity contribution in [1.29, 1.82) is 0 Å². The Hall–Kier alpha value is -3.18. The molecule has 4 aromatic rings. The number of carbonyl (C=O) groups is 1. The Bertz CT molecular complexity index is 1280. The number of ketones is 1. The van der Waals surface area contributed by atoms with E-state index in [1.54, 1.807) is 13.3 Å². The zero-order valence-corrected chi connectivity index (χ0v) is 17.5. The zero-order valence-electron chi connectivity index (χ0n) is 16.7. The number of Topliss-reactive ketones (excluding diaryl/α,β-unsaturated/α-hetero) is 1. The van der Waals surface area contributed by atoms with Gasteiger partial charge in [-0.1, -0.05) is 41.9 Å². The second kappa shape index (κ2) is 7.26. The van der Waals surface area contributed by atoms with Gasteiger partial charge in [-0.2, -0.15) is 5.10 Å². The first-order valence-corrected chi connectivity index (χ1v) is 10.2. The predicted octanol–water partition coefficient (Wildman–Crippen LogP) is 5.28. The molecule has 0 bridgehead atoms. The van der Waals surface area contributed by atoms with Crippen LogP contribution in [-0.4, -0.2) is 27.5 Å². The van der Waals surface area contributed by atoms with Gasteiger partial charge in [-0.25, -0.2) is 9.50 Å². The molecule has 2 aromatic heterocycles. The number of carbonyl (C=O) groups excluding carboxylic acids is 1. The van der Waals surface area contributed by atoms with Crippen molar-refractivity contribution in [3.8, 4) is 16.9 Å². The lowest BCUT2D eigenvalue weighted by Gasteiger charge is -2.25. The maximum absolute atomic E-state index is 13.0. The lowest BCUT2D eigenvalue weighted by Crippen LogP contribution is -2.22. The molecule has 1 aliphatic carbocycles. The van der Waals surface area contributed by atoms with Crippen molar-refractivity contribution < 1.29 is 9.53 Å². The summed E-state index contributed by atoms with van der Waals surface area (Å²) in [4.78, 5) is 17.6. The lowest BCUT2D eigenvalue weighted by atomic mass is 9.81. The third-order valence-electron chi connectivity index (χ3n) is 5.80. The minimum Gasteiger partial charge on any atom is -0.496 e. The summed E-state index contributed by atoms with van der Waals surface area (Å²) in [6.45, 7) is 1.97. The number of methoxy groups -OCH3 is 1. The molecule has 5 rings (SSSR count). The smallest absolute Gasteiger partial charge is 0.166 e. The molecule has 2 heterocycles. The molecule has 1 unspecified atom stereocenters. The summed E-state index contributed by atoms with van der Waals surface area (Å²) in [5.41, 5.74) is 6.18. The highest BCUT2D eigenvalue weighted by molar-refractivity contribution is 6.30. The maximum Gasteiger partial charge on any atom is 0.166 e. The first kappa shape index (κ1) is 18.8. The van der Waals surface area contributed by atoms with E-state index in [4.69, 9.17) is 21.4 Å². The fourth-order valence-electron chi connectivity index (χ4n) is 4.38. The van der Waals surface area contributed by atoms with Gasteiger partial charge in [-0.05, 0) is 42.7 Å². The number of para-hydroxylation sites is 1. The summed E-state index contributed by atoms with van der Waals surface area (Å²) in [6.07, 6.45) is 2.83. The van der Waals surface area contributed by atoms with E-state index in [0.29, 0.717) is 23.4 Å². The Morgan fingerprint density at radius 2 is 1.87 bits per heavy atom. The molecular weight excluding hydrogens is 398 g/mol. The average molecular weight is 418 g/mol. The summed E-state index contributed by atoms with van der Waals surface area (Å²) < 4.78 is 7.38. The van der Waals surface area contributed by atoms with Gasteiger partial charge < -0.3 is 4.74 Å². The first-order chi connectivity index (χ1) is 14.6. The number of ether oxygens (including phenoxy) is 1. The van der Waals surface area contributed by atoms with Gasteiger partial charge in [0.05, 0.1) is 24.1 Å². The quantitative estimate of drug-likeness (QED) is 0.455. The van der Waals surface area contributed by atoms with Crippen molar-refractivity contribution in [2.45, 2.75) is 25.7 Å². The van der Waals surface area contributed by atoms with Crippen LogP contribution in [-0.2, 0) is 6.42 Å². The Morgan fingerprint density at radius 3 is 2.63 bits per heavy atom. The van der Waals surface area contributed by atoms with Crippen LogP contribution in [0.1, 0.15) is 39.6 Å². The molecule has 1 atom stereocenters. The standard InChI is InChI=1S/C24H20ClN3O2/c1-14-23(15-7-9-17(25)10-8-15)24-26-13-19-20(28(24)27-14)11-16(12-21(19)29)18-5-3-4-6-22(18)30-2/h3-10,13,16H,11-12H2,1-2H3. The Balaban J connectivity index is 1.66. The fraction of sp³-hybridized carbons (Fsp3) is 0.208. The lowest BCUT2D eigenvalue weighted by molar-refractivity contribution is 0.0961. The summed E-state index contributed by atoms with van der Waals surface area (Å²) in [5.74, 6) is 0.931. The molecule has 1 aliphatic rings. The molecular formula is C24H20ClN3O2. The van der Waals surface area contributed by atoms with Gasteiger partial charge in [0.1, 0.15) is 5.75 Å². The van der Waals surface area contributed by atoms with E-state index < -0.39 is 0 Å². The van der Waals surface area contributed by atoms with E-state index >= 15 is 0 Å². The number of aromatic nitrogens is 3. The maximum atomic E-state index is 13.0. The monoisotopic (exact) mass is 417 g/mol. The van der Waals surface area contributed by atoms with Gasteiger partial charge in [-0.15, -0.1) is 0 Å². The molecule has 0 N–H and O–H groups in total. The van der Waals surface area contributed by atoms with Crippen molar-refractivity contribution >= 4 is 23.0 Å². The first-order valence-electron chi connectivity index (χ1n) is 9.86. The van der Waals surface area contributed by atoms with Crippen molar-refractivity contribution in [1.82, 2.24) is 14.6 Å². The highest BCUT2D eigenvalue weighted by atomic mass is 35.5. The van der Waals surface area contributed by atoms with E-state index in [1.807, 2.05) is 60.0 Å². The zero-order chi connectivity index (χ0) is 20.8. The van der Waals surface area contributed by atoms with Gasteiger partial charge in [-0.3, -0.25) is 4.79 Å². The van der Waals surface area contributed by atoms with Crippen LogP contribution in [0.4, 0.5) is 0 Å². The minimum absolute atomic E-state index is 0.0373. The van der Waals surface area contributed by atoms with E-state index in [0.717, 1.165) is 39.5 Å². The highest BCUT2D eigenvalue weighted by Crippen LogP contribution is 2.38. The second-order valence-corrected chi connectivity index (χ2v) is 8.03. The van der Waals surface area contributed by atoms with E-state index in [2.05, 4.69) is 4.98 Å². The summed E-state index contributed by atoms with van der Waals surface area (Å²) >= 11 is 6.06. The molecule has 0 fully saturated rings. The van der Waals surface area contributed by atoms with Crippen LogP contribution in [0, 0.1) is 6.92 Å². The molecule has 0 saturated heterocycles. The molecule has 2 aromatic carbocycles. The molecule has 150 valence electrons. The molecule has 6 heteroatoms. The molecule has 0 aliphatic heterocycles. The summed E-state index contributed by atoms with van der Waals surface area (Å²) in [6, 6.07) is 15.6. The largest absolute Gasteiger partial charge is 0.496 e. The number of aryl methyl sites for hydroxylation is 1. The van der Waals surface area contributed by atoms with Gasteiger partial charge in [0.15, 0.2) is 11.4 Å². The number of nitrogens with zero attached hydrogens (tertiary/aromatic N) is 3. The van der Waals surface area contributed by atoms with Crippen LogP contribution < -0.4 is 4.74 Å². The number of rotatable bonds is 3. The van der Waals surface area contributed by atoms with Gasteiger partial charge in [0, 0.05) is 29.1 Å². The van der Waals surface area contributed by atoms with Crippen molar-refractivity contribution in [2.24, 2.45) is 0 Å². The number of fused-ring (bicyclic) bond motifs is 3. The van der Waals surface area contributed by atoms with Gasteiger partial charge >= 0.3 is 0 Å². The number of hydrogen-bond acceptors (Lipinski definition) is 4. The van der Waals surface area contributed by atoms with Crippen molar-refractivity contribution in [2.75, 3.05) is 7.11 Å². The van der Waals surface area contributed by atoms with Crippen LogP contribution >= 0.6 is 11.6 Å². The van der Waals surface area contributed by atoms with E-state index in [-0.39, 0.29) is 11.7 Å². The fourth-order valence-corrected chi connectivity index (χ4v) is 4.51. The third-order valence-corrected chi connectivity index (χ3v) is 6.05. The molecule has 5 nitrogen and oxygen atoms in total. The number of halogens is 1. The summed E-state index contributed by atoms with van der Waals surface area (Å²) in [5, 5.41) is 5.45. The topological polar surface area (TPSA) is 56.5 Å². The van der Waals surface area contributed by atoms with Crippen molar-refractivity contribution in [3.63, 3.8) is 0 Å². The van der Waals surface area contributed by atoms with Crippen molar-refractivity contribution in [3.05, 3.63) is 82.3 Å². The predicted molar refractivity (Wildman–Crippen MR) is 117 cm³/mol. The van der Waals surface area contributed by atoms with Crippen LogP contribution in [0.15, 0.2) is 54.7 Å². The van der Waals surface area contributed by atoms with Crippen LogP contribution in [0.25, 0.3) is 16.8 Å². The Morgan fingerprint density at radius 1 is 1.10 bits per heavy atom. The van der Waals surface area contributed by atoms with Crippen LogP contribution in [0.5, 0.6) is 5.75 Å². The molecule has 0 saturated carbocycles. The Kier molecular flexibility index (Phi) is 4.55. The number of benzene rings is 2. The average Bonchev–Trinajstić information content (AvgIpc) is 3.10. The SMILES string of the molecule is COc1ccccc1C1CC(=O)c2cnc3c(-c4ccc(Cl)cc4)c(C)nn3c2C1. The molecule has 30 heavy (non-hydrogen) atoms. The van der Waals surface area contributed by atoms with Gasteiger partial charge in [0.2, 0.25) is 0 Å². The van der Waals surface area contributed by atoms with E-state index in [1.165, 1.54) is 0 Å². The van der Waals surface area contributed by atoms with Gasteiger partial charge in [0.25, 0.3) is 0 Å². The normalized spacial score (nSPS) is 16.0. The minimum atomic E-state index is 0.0373. The van der Waals surface area contributed by atoms with Crippen LogP contribution in [0.2, 0.25) is 5.02 Å². The Labute approximate surface area is 179 Å². The summed E-state index contributed by atoms with van der Waals surface area (Å²) in [7, 11) is 1.66. The highest BCUT2D eigenvalue weighted by Gasteiger charge is 2.31. The molecule has 0 spiro atoms. The van der Waals surface area contributed by atoms with E-state index in [9.17, 15) is 4.79 Å².